The Morgan fingerprint density at radius 3 is 2.88 bits per heavy atom. The van der Waals surface area contributed by atoms with E-state index >= 15 is 0 Å². The smallest absolute Gasteiger partial charge is 0.287 e. The Labute approximate surface area is 142 Å². The maximum atomic E-state index is 13.2. The molecule has 2 saturated heterocycles. The lowest BCUT2D eigenvalue weighted by Crippen LogP contribution is -2.49. The Hall–Kier alpha value is -1.79. The van der Waals surface area contributed by atoms with E-state index in [-0.39, 0.29) is 5.54 Å². The molecule has 0 radical (unpaired) electrons. The van der Waals surface area contributed by atoms with Crippen molar-refractivity contribution in [1.29, 1.82) is 0 Å². The summed E-state index contributed by atoms with van der Waals surface area (Å²) in [5.41, 5.74) is 0.366. The van der Waals surface area contributed by atoms with Gasteiger partial charge in [-0.15, -0.1) is 0 Å². The molecule has 2 aliphatic heterocycles. The number of rotatable bonds is 1. The van der Waals surface area contributed by atoms with Gasteiger partial charge in [-0.2, -0.15) is 4.36 Å². The molecule has 6 heteroatoms. The van der Waals surface area contributed by atoms with Crippen molar-refractivity contribution < 1.29 is 9.00 Å². The van der Waals surface area contributed by atoms with Crippen LogP contribution in [0.5, 0.6) is 0 Å². The lowest BCUT2D eigenvalue weighted by Gasteiger charge is -2.35. The third-order valence-electron chi connectivity index (χ3n) is 5.10. The Kier molecular flexibility index (Phi) is 3.89. The summed E-state index contributed by atoms with van der Waals surface area (Å²) in [6.07, 6.45) is 7.29. The summed E-state index contributed by atoms with van der Waals surface area (Å²) in [4.78, 5) is 16.9. The molecule has 1 N–H and O–H groups in total. The van der Waals surface area contributed by atoms with E-state index in [1.807, 2.05) is 24.3 Å². The highest BCUT2D eigenvalue weighted by atomic mass is 32.2. The maximum absolute atomic E-state index is 13.2. The summed E-state index contributed by atoms with van der Waals surface area (Å²) in [5, 5.41) is 5.22. The van der Waals surface area contributed by atoms with Gasteiger partial charge in [0.25, 0.3) is 5.91 Å². The molecule has 5 nitrogen and oxygen atoms in total. The van der Waals surface area contributed by atoms with Gasteiger partial charge in [0.2, 0.25) is 0 Å². The predicted molar refractivity (Wildman–Crippen MR) is 95.6 cm³/mol. The summed E-state index contributed by atoms with van der Waals surface area (Å²) in [7, 11) is -2.51. The van der Waals surface area contributed by atoms with Crippen LogP contribution >= 0.6 is 0 Å². The third-order valence-corrected chi connectivity index (χ3v) is 7.53. The monoisotopic (exact) mass is 343 g/mol. The van der Waals surface area contributed by atoms with Crippen LogP contribution in [0.15, 0.2) is 41.0 Å². The number of pyridine rings is 1. The third kappa shape index (κ3) is 2.84. The average molecular weight is 343 g/mol. The number of aromatic nitrogens is 1. The van der Waals surface area contributed by atoms with Gasteiger partial charge in [-0.05, 0) is 37.6 Å². The van der Waals surface area contributed by atoms with Crippen molar-refractivity contribution in [2.45, 2.75) is 31.2 Å². The first kappa shape index (κ1) is 15.7. The summed E-state index contributed by atoms with van der Waals surface area (Å²) in [5.74, 6) is 0.601. The lowest BCUT2D eigenvalue weighted by atomic mass is 9.94. The molecule has 24 heavy (non-hydrogen) atoms. The van der Waals surface area contributed by atoms with Gasteiger partial charge in [0.05, 0.1) is 21.0 Å². The molecule has 2 fully saturated rings. The highest BCUT2D eigenvalue weighted by Crippen LogP contribution is 2.32. The summed E-state index contributed by atoms with van der Waals surface area (Å²) in [6.45, 7) is 0.969. The number of amides is 1. The first-order chi connectivity index (χ1) is 11.6. The van der Waals surface area contributed by atoms with Gasteiger partial charge in [-0.25, -0.2) is 4.21 Å². The number of hydrogen-bond donors (Lipinski definition) is 1. The van der Waals surface area contributed by atoms with E-state index in [0.717, 1.165) is 43.0 Å². The number of carbonyl (C=O) groups excluding carboxylic acids is 1. The van der Waals surface area contributed by atoms with Gasteiger partial charge >= 0.3 is 0 Å². The molecule has 1 spiro atoms. The van der Waals surface area contributed by atoms with Crippen LogP contribution in [0.4, 0.5) is 0 Å². The highest BCUT2D eigenvalue weighted by Gasteiger charge is 2.40. The van der Waals surface area contributed by atoms with Crippen molar-refractivity contribution in [2.75, 3.05) is 18.1 Å². The van der Waals surface area contributed by atoms with Crippen LogP contribution in [0.25, 0.3) is 10.8 Å². The second-order valence-corrected chi connectivity index (χ2v) is 9.26. The fraction of sp³-hybridized carbons (Fsp3) is 0.444. The molecular formula is C18H21N3O2S. The molecule has 4 rings (SSSR count). The van der Waals surface area contributed by atoms with Crippen molar-refractivity contribution in [3.63, 3.8) is 0 Å². The lowest BCUT2D eigenvalue weighted by molar-refractivity contribution is 0.101. The molecule has 2 atom stereocenters. The van der Waals surface area contributed by atoms with Crippen molar-refractivity contribution in [3.05, 3.63) is 42.2 Å². The highest BCUT2D eigenvalue weighted by molar-refractivity contribution is 7.94. The molecule has 0 saturated carbocycles. The van der Waals surface area contributed by atoms with Crippen molar-refractivity contribution in [1.82, 2.24) is 10.3 Å². The van der Waals surface area contributed by atoms with E-state index in [2.05, 4.69) is 14.7 Å². The Morgan fingerprint density at radius 2 is 2.04 bits per heavy atom. The molecule has 3 heterocycles. The molecule has 126 valence electrons. The summed E-state index contributed by atoms with van der Waals surface area (Å²) >= 11 is 0. The topological polar surface area (TPSA) is 71.4 Å². The SMILES string of the molecule is O=C(N=S1(=O)CCCC2(CCCN2)C1)c1cncc2ccccc12. The minimum absolute atomic E-state index is 0.0733. The van der Waals surface area contributed by atoms with Crippen LogP contribution in [0, 0.1) is 0 Å². The number of fused-ring (bicyclic) bond motifs is 1. The van der Waals surface area contributed by atoms with E-state index in [1.165, 1.54) is 6.20 Å². The number of hydrogen-bond acceptors (Lipinski definition) is 4. The first-order valence-electron chi connectivity index (χ1n) is 8.44. The largest absolute Gasteiger partial charge is 0.310 e. The zero-order valence-electron chi connectivity index (χ0n) is 13.5. The quantitative estimate of drug-likeness (QED) is 0.864. The predicted octanol–water partition coefficient (Wildman–Crippen LogP) is 2.76. The minimum atomic E-state index is -2.51. The zero-order valence-corrected chi connectivity index (χ0v) is 14.3. The van der Waals surface area contributed by atoms with Crippen LogP contribution < -0.4 is 5.32 Å². The van der Waals surface area contributed by atoms with E-state index in [1.54, 1.807) is 6.20 Å². The first-order valence-corrected chi connectivity index (χ1v) is 10.3. The van der Waals surface area contributed by atoms with E-state index in [9.17, 15) is 9.00 Å². The van der Waals surface area contributed by atoms with E-state index in [0.29, 0.717) is 17.1 Å². The number of benzene rings is 1. The van der Waals surface area contributed by atoms with Gasteiger partial charge in [0, 0.05) is 29.1 Å². The molecule has 1 aromatic heterocycles. The molecular weight excluding hydrogens is 322 g/mol. The zero-order chi connectivity index (χ0) is 16.6. The normalized spacial score (nSPS) is 29.8. The van der Waals surface area contributed by atoms with Crippen LogP contribution in [0.1, 0.15) is 36.0 Å². The summed E-state index contributed by atoms with van der Waals surface area (Å²) < 4.78 is 17.5. The van der Waals surface area contributed by atoms with Gasteiger partial charge in [0.15, 0.2) is 0 Å². The summed E-state index contributed by atoms with van der Waals surface area (Å²) in [6, 6.07) is 7.59. The van der Waals surface area contributed by atoms with Crippen molar-refractivity contribution in [3.8, 4) is 0 Å². The second kappa shape index (κ2) is 5.93. The average Bonchev–Trinajstić information content (AvgIpc) is 3.01. The molecule has 1 amide bonds. The number of nitrogens with zero attached hydrogens (tertiary/aromatic N) is 2. The number of carbonyl (C=O) groups is 1. The van der Waals surface area contributed by atoms with Gasteiger partial charge in [-0.3, -0.25) is 9.78 Å². The maximum Gasteiger partial charge on any atom is 0.287 e. The molecule has 2 aromatic rings. The van der Waals surface area contributed by atoms with Crippen LogP contribution in [0.2, 0.25) is 0 Å². The molecule has 0 bridgehead atoms. The van der Waals surface area contributed by atoms with Gasteiger partial charge in [0.1, 0.15) is 0 Å². The van der Waals surface area contributed by atoms with Crippen molar-refractivity contribution >= 4 is 26.4 Å². The van der Waals surface area contributed by atoms with Crippen LogP contribution in [-0.4, -0.2) is 38.7 Å². The standard InChI is InChI=1S/C18H21N3O2S/c22-17(16-12-19-11-14-5-1-2-6-15(14)16)21-24(23)10-4-8-18(13-24)7-3-9-20-18/h1-2,5-6,11-12,20H,3-4,7-10,13H2. The van der Waals surface area contributed by atoms with Crippen LogP contribution in [0.3, 0.4) is 0 Å². The number of nitrogens with one attached hydrogen (secondary N) is 1. The Morgan fingerprint density at radius 1 is 1.21 bits per heavy atom. The van der Waals surface area contributed by atoms with Crippen molar-refractivity contribution in [2.24, 2.45) is 4.36 Å². The van der Waals surface area contributed by atoms with E-state index in [4.69, 9.17) is 0 Å². The van der Waals surface area contributed by atoms with Crippen LogP contribution in [-0.2, 0) is 9.73 Å². The van der Waals surface area contributed by atoms with E-state index < -0.39 is 15.6 Å². The molecule has 0 aliphatic carbocycles. The van der Waals surface area contributed by atoms with Gasteiger partial charge < -0.3 is 5.32 Å². The van der Waals surface area contributed by atoms with Gasteiger partial charge in [-0.1, -0.05) is 24.3 Å². The molecule has 2 aliphatic rings. The Balaban J connectivity index is 1.71. The minimum Gasteiger partial charge on any atom is -0.310 e. The fourth-order valence-electron chi connectivity index (χ4n) is 3.98. The Bertz CT molecular complexity index is 904. The molecule has 2 unspecified atom stereocenters. The fourth-order valence-corrected chi connectivity index (χ4v) is 6.53. The molecule has 1 aromatic carbocycles. The second-order valence-electron chi connectivity index (χ2n) is 6.84.